The van der Waals surface area contributed by atoms with Gasteiger partial charge in [-0.3, -0.25) is 14.4 Å². The number of rotatable bonds is 3. The van der Waals surface area contributed by atoms with E-state index in [-0.39, 0.29) is 22.4 Å². The summed E-state index contributed by atoms with van der Waals surface area (Å²) in [6.45, 7) is 0. The number of Topliss-reactive ketones (excluding diaryl/α,β-unsaturated/α-hetero) is 3. The lowest BCUT2D eigenvalue weighted by atomic mass is 9.64. The van der Waals surface area contributed by atoms with Crippen molar-refractivity contribution >= 4 is 40.7 Å². The Balaban J connectivity index is 1.56. The van der Waals surface area contributed by atoms with E-state index in [0.29, 0.717) is 33.5 Å². The number of benzene rings is 4. The van der Waals surface area contributed by atoms with Crippen molar-refractivity contribution in [2.24, 2.45) is 5.41 Å². The van der Waals surface area contributed by atoms with Gasteiger partial charge in [-0.2, -0.15) is 0 Å². The van der Waals surface area contributed by atoms with Crippen LogP contribution >= 0.6 is 11.6 Å². The number of hydrogen-bond acceptors (Lipinski definition) is 4. The standard InChI is InChI=1S/C33H21ClFNO3/c34-25-13-7-6-12-24(25)30(37)29-28(19-8-2-1-3-9-19)33(31(38)22-10-4-5-11-23(22)32(33)39)27-17-14-20-18-21(35)15-16-26(20)36(27)29/h1-18,27-29H/t27-,28+,29-/m1/s1. The third-order valence-electron chi connectivity index (χ3n) is 8.33. The molecular weight excluding hydrogens is 513 g/mol. The van der Waals surface area contributed by atoms with E-state index in [1.54, 1.807) is 66.7 Å². The van der Waals surface area contributed by atoms with Crippen molar-refractivity contribution in [2.45, 2.75) is 18.0 Å². The van der Waals surface area contributed by atoms with Gasteiger partial charge in [0.25, 0.3) is 0 Å². The number of carbonyl (C=O) groups excluding carboxylic acids is 3. The highest BCUT2D eigenvalue weighted by atomic mass is 35.5. The fourth-order valence-electron chi connectivity index (χ4n) is 6.80. The lowest BCUT2D eigenvalue weighted by Crippen LogP contribution is -2.48. The molecule has 0 aromatic heterocycles. The highest BCUT2D eigenvalue weighted by molar-refractivity contribution is 6.35. The van der Waals surface area contributed by atoms with Gasteiger partial charge in [-0.25, -0.2) is 4.39 Å². The molecule has 4 aromatic carbocycles. The fourth-order valence-corrected chi connectivity index (χ4v) is 7.03. The second-order valence-corrected chi connectivity index (χ2v) is 10.6. The fraction of sp³-hybridized carbons (Fsp3) is 0.121. The summed E-state index contributed by atoms with van der Waals surface area (Å²) < 4.78 is 14.3. The Labute approximate surface area is 229 Å². The Morgan fingerprint density at radius 3 is 2.15 bits per heavy atom. The van der Waals surface area contributed by atoms with Crippen LogP contribution in [0, 0.1) is 11.2 Å². The molecule has 1 saturated heterocycles. The molecule has 2 aliphatic heterocycles. The van der Waals surface area contributed by atoms with Gasteiger partial charge in [-0.1, -0.05) is 90.5 Å². The van der Waals surface area contributed by atoms with Crippen LogP contribution < -0.4 is 4.90 Å². The minimum atomic E-state index is -1.60. The van der Waals surface area contributed by atoms with Crippen LogP contribution in [0.25, 0.3) is 6.08 Å². The monoisotopic (exact) mass is 533 g/mol. The summed E-state index contributed by atoms with van der Waals surface area (Å²) in [6, 6.07) is 25.5. The number of nitrogens with zero attached hydrogens (tertiary/aromatic N) is 1. The molecule has 4 aromatic rings. The third-order valence-corrected chi connectivity index (χ3v) is 8.66. The predicted octanol–water partition coefficient (Wildman–Crippen LogP) is 6.80. The first-order valence-electron chi connectivity index (χ1n) is 12.7. The zero-order valence-electron chi connectivity index (χ0n) is 20.6. The van der Waals surface area contributed by atoms with Gasteiger partial charge in [0.1, 0.15) is 17.3 Å². The number of fused-ring (bicyclic) bond motifs is 5. The van der Waals surface area contributed by atoms with Gasteiger partial charge in [-0.15, -0.1) is 0 Å². The van der Waals surface area contributed by atoms with Crippen molar-refractivity contribution in [3.05, 3.63) is 142 Å². The van der Waals surface area contributed by atoms with Crippen LogP contribution in [0.15, 0.2) is 103 Å². The summed E-state index contributed by atoms with van der Waals surface area (Å²) in [4.78, 5) is 45.5. The van der Waals surface area contributed by atoms with Crippen LogP contribution in [0.5, 0.6) is 0 Å². The highest BCUT2D eigenvalue weighted by Gasteiger charge is 2.71. The van der Waals surface area contributed by atoms with Gasteiger partial charge >= 0.3 is 0 Å². The lowest BCUT2D eigenvalue weighted by molar-refractivity contribution is 0.0666. The molecule has 4 nitrogen and oxygen atoms in total. The van der Waals surface area contributed by atoms with Crippen LogP contribution in [0.4, 0.5) is 10.1 Å². The van der Waals surface area contributed by atoms with Gasteiger partial charge in [0.05, 0.1) is 11.1 Å². The van der Waals surface area contributed by atoms with Crippen molar-refractivity contribution in [1.82, 2.24) is 0 Å². The van der Waals surface area contributed by atoms with Crippen molar-refractivity contribution in [1.29, 1.82) is 0 Å². The van der Waals surface area contributed by atoms with Crippen molar-refractivity contribution in [2.75, 3.05) is 4.90 Å². The van der Waals surface area contributed by atoms with Gasteiger partial charge in [0, 0.05) is 33.9 Å². The molecule has 0 bridgehead atoms. The zero-order valence-corrected chi connectivity index (χ0v) is 21.3. The van der Waals surface area contributed by atoms with Crippen LogP contribution in [0.1, 0.15) is 48.1 Å². The molecule has 2 heterocycles. The summed E-state index contributed by atoms with van der Waals surface area (Å²) in [5.74, 6) is -2.17. The van der Waals surface area contributed by atoms with E-state index in [4.69, 9.17) is 11.6 Å². The first-order chi connectivity index (χ1) is 18.9. The largest absolute Gasteiger partial charge is 0.352 e. The Morgan fingerprint density at radius 2 is 1.46 bits per heavy atom. The second-order valence-electron chi connectivity index (χ2n) is 10.2. The molecule has 3 atom stereocenters. The van der Waals surface area contributed by atoms with E-state index in [1.807, 2.05) is 35.2 Å². The maximum absolute atomic E-state index is 14.6. The average Bonchev–Trinajstić information content (AvgIpc) is 3.39. The average molecular weight is 534 g/mol. The molecule has 7 rings (SSSR count). The summed E-state index contributed by atoms with van der Waals surface area (Å²) in [6.07, 6.45) is 3.52. The van der Waals surface area contributed by atoms with E-state index in [0.717, 1.165) is 0 Å². The van der Waals surface area contributed by atoms with Gasteiger partial charge < -0.3 is 4.90 Å². The molecule has 0 unspecified atom stereocenters. The molecule has 0 N–H and O–H groups in total. The van der Waals surface area contributed by atoms with E-state index in [1.165, 1.54) is 12.1 Å². The third kappa shape index (κ3) is 3.14. The molecule has 6 heteroatoms. The van der Waals surface area contributed by atoms with Crippen molar-refractivity contribution < 1.29 is 18.8 Å². The van der Waals surface area contributed by atoms with E-state index < -0.39 is 29.2 Å². The topological polar surface area (TPSA) is 54.5 Å². The van der Waals surface area contributed by atoms with Crippen molar-refractivity contribution in [3.8, 4) is 0 Å². The maximum Gasteiger partial charge on any atom is 0.187 e. The van der Waals surface area contributed by atoms with E-state index in [2.05, 4.69) is 0 Å². The smallest absolute Gasteiger partial charge is 0.187 e. The molecule has 0 saturated carbocycles. The maximum atomic E-state index is 14.6. The van der Waals surface area contributed by atoms with E-state index >= 15 is 0 Å². The molecule has 1 aliphatic carbocycles. The molecule has 1 spiro atoms. The Morgan fingerprint density at radius 1 is 0.821 bits per heavy atom. The Bertz CT molecular complexity index is 1700. The minimum Gasteiger partial charge on any atom is -0.352 e. The normalized spacial score (nSPS) is 22.1. The molecule has 0 radical (unpaired) electrons. The summed E-state index contributed by atoms with van der Waals surface area (Å²) >= 11 is 6.53. The predicted molar refractivity (Wildman–Crippen MR) is 148 cm³/mol. The first kappa shape index (κ1) is 23.7. The van der Waals surface area contributed by atoms with Gasteiger partial charge in [-0.05, 0) is 35.9 Å². The number of anilines is 1. The van der Waals surface area contributed by atoms with Crippen LogP contribution in [0.3, 0.4) is 0 Å². The number of halogens is 2. The summed E-state index contributed by atoms with van der Waals surface area (Å²) in [7, 11) is 0. The Kier molecular flexibility index (Phi) is 5.23. The highest BCUT2D eigenvalue weighted by Crippen LogP contribution is 2.61. The summed E-state index contributed by atoms with van der Waals surface area (Å²) in [5.41, 5.74) is 1.26. The number of carbonyl (C=O) groups is 3. The van der Waals surface area contributed by atoms with Crippen molar-refractivity contribution in [3.63, 3.8) is 0 Å². The number of ketones is 3. The van der Waals surface area contributed by atoms with Gasteiger partial charge in [0.15, 0.2) is 17.3 Å². The zero-order chi connectivity index (χ0) is 26.9. The second kappa shape index (κ2) is 8.58. The minimum absolute atomic E-state index is 0.283. The molecular formula is C33H21ClFNO3. The molecule has 1 fully saturated rings. The molecule has 3 aliphatic rings. The molecule has 190 valence electrons. The molecule has 39 heavy (non-hydrogen) atoms. The van der Waals surface area contributed by atoms with E-state index in [9.17, 15) is 18.8 Å². The van der Waals surface area contributed by atoms with Gasteiger partial charge in [0.2, 0.25) is 0 Å². The quantitative estimate of drug-likeness (QED) is 0.215. The van der Waals surface area contributed by atoms with Crippen LogP contribution in [-0.4, -0.2) is 29.4 Å². The SMILES string of the molecule is O=C(c1ccccc1Cl)[C@H]1[C@H](c2ccccc2)C2(C(=O)c3ccccc3C2=O)[C@H]2C=Cc3cc(F)ccc3N12. The Hall–Kier alpha value is -4.35. The first-order valence-corrected chi connectivity index (χ1v) is 13.1. The summed E-state index contributed by atoms with van der Waals surface area (Å²) in [5, 5.41) is 0.283. The lowest BCUT2D eigenvalue weighted by Gasteiger charge is -2.37. The van der Waals surface area contributed by atoms with Crippen LogP contribution in [0.2, 0.25) is 5.02 Å². The number of hydrogen-bond donors (Lipinski definition) is 0. The molecule has 0 amide bonds. The van der Waals surface area contributed by atoms with Crippen LogP contribution in [-0.2, 0) is 0 Å².